The van der Waals surface area contributed by atoms with Crippen LogP contribution in [0.1, 0.15) is 15.9 Å². The summed E-state index contributed by atoms with van der Waals surface area (Å²) < 4.78 is 24.3. The molecule has 2 aromatic carbocycles. The molecule has 2 aromatic rings. The maximum absolute atomic E-state index is 13.8. The van der Waals surface area contributed by atoms with Gasteiger partial charge in [0.2, 0.25) is 0 Å². The van der Waals surface area contributed by atoms with E-state index in [-0.39, 0.29) is 11.3 Å². The molecule has 0 unspecified atom stereocenters. The lowest BCUT2D eigenvalue weighted by atomic mass is 10.2. The summed E-state index contributed by atoms with van der Waals surface area (Å²) in [7, 11) is 1.39. The molecule has 2 rings (SSSR count). The normalized spacial score (nSPS) is 10.2. The van der Waals surface area contributed by atoms with Gasteiger partial charge in [0.15, 0.2) is 6.61 Å². The Morgan fingerprint density at radius 2 is 1.96 bits per heavy atom. The second kappa shape index (κ2) is 7.92. The van der Waals surface area contributed by atoms with Crippen molar-refractivity contribution in [2.24, 2.45) is 0 Å². The van der Waals surface area contributed by atoms with Gasteiger partial charge in [-0.3, -0.25) is 4.79 Å². The number of esters is 1. The van der Waals surface area contributed by atoms with Crippen LogP contribution in [-0.4, -0.2) is 25.6 Å². The number of halogens is 2. The molecule has 0 bridgehead atoms. The van der Waals surface area contributed by atoms with Crippen molar-refractivity contribution in [2.75, 3.05) is 19.0 Å². The molecule has 126 valence electrons. The zero-order valence-corrected chi connectivity index (χ0v) is 14.6. The topological polar surface area (TPSA) is 64.6 Å². The second-order valence-electron chi connectivity index (χ2n) is 4.93. The minimum atomic E-state index is -0.921. The number of amides is 1. The third-order valence-corrected chi connectivity index (χ3v) is 4.04. The van der Waals surface area contributed by atoms with Crippen LogP contribution in [0.25, 0.3) is 0 Å². The van der Waals surface area contributed by atoms with Crippen LogP contribution in [-0.2, 0) is 9.53 Å². The molecule has 1 N–H and O–H groups in total. The van der Waals surface area contributed by atoms with Gasteiger partial charge in [-0.05, 0) is 36.8 Å². The lowest BCUT2D eigenvalue weighted by molar-refractivity contribution is -0.119. The van der Waals surface area contributed by atoms with Gasteiger partial charge >= 0.3 is 5.97 Å². The number of benzene rings is 2. The summed E-state index contributed by atoms with van der Waals surface area (Å²) in [5, 5.41) is 2.59. The molecular formula is C17H15BrFNO4. The fraction of sp³-hybridized carbons (Fsp3) is 0.176. The number of nitrogens with one attached hydrogen (secondary N) is 1. The molecule has 0 saturated carbocycles. The lowest BCUT2D eigenvalue weighted by Gasteiger charge is -2.09. The van der Waals surface area contributed by atoms with E-state index in [9.17, 15) is 14.0 Å². The first-order chi connectivity index (χ1) is 11.4. The van der Waals surface area contributed by atoms with Crippen LogP contribution in [0.4, 0.5) is 10.1 Å². The van der Waals surface area contributed by atoms with Crippen molar-refractivity contribution >= 4 is 33.5 Å². The number of ether oxygens (including phenoxy) is 2. The van der Waals surface area contributed by atoms with Crippen LogP contribution in [0.15, 0.2) is 40.9 Å². The third-order valence-electron chi connectivity index (χ3n) is 3.19. The van der Waals surface area contributed by atoms with Crippen molar-refractivity contribution in [1.29, 1.82) is 0 Å². The van der Waals surface area contributed by atoms with Crippen LogP contribution >= 0.6 is 15.9 Å². The summed E-state index contributed by atoms with van der Waals surface area (Å²) in [5.74, 6) is -1.93. The van der Waals surface area contributed by atoms with Crippen molar-refractivity contribution in [1.82, 2.24) is 0 Å². The number of aryl methyl sites for hydroxylation is 1. The summed E-state index contributed by atoms with van der Waals surface area (Å²) >= 11 is 3.36. The highest BCUT2D eigenvalue weighted by molar-refractivity contribution is 9.10. The van der Waals surface area contributed by atoms with Gasteiger partial charge in [-0.2, -0.15) is 0 Å². The van der Waals surface area contributed by atoms with E-state index >= 15 is 0 Å². The standard InChI is InChI=1S/C17H15BrFNO4/c1-10-3-4-11(7-14(10)18)20-16(21)9-24-17(22)13-6-5-12(23-2)8-15(13)19/h3-8H,9H2,1-2H3,(H,20,21). The van der Waals surface area contributed by atoms with Crippen LogP contribution in [0.3, 0.4) is 0 Å². The molecule has 0 aliphatic carbocycles. The molecule has 1 amide bonds. The molecule has 24 heavy (non-hydrogen) atoms. The Bertz CT molecular complexity index is 779. The van der Waals surface area contributed by atoms with Crippen molar-refractivity contribution in [3.63, 3.8) is 0 Å². The second-order valence-corrected chi connectivity index (χ2v) is 5.79. The first-order valence-corrected chi connectivity index (χ1v) is 7.76. The Morgan fingerprint density at radius 3 is 2.58 bits per heavy atom. The maximum atomic E-state index is 13.8. The van der Waals surface area contributed by atoms with Gasteiger partial charge in [-0.15, -0.1) is 0 Å². The van der Waals surface area contributed by atoms with Gasteiger partial charge in [0.1, 0.15) is 11.6 Å². The summed E-state index contributed by atoms with van der Waals surface area (Å²) in [4.78, 5) is 23.6. The van der Waals surface area contributed by atoms with Crippen LogP contribution in [0.2, 0.25) is 0 Å². The third kappa shape index (κ3) is 4.55. The molecular weight excluding hydrogens is 381 g/mol. The van der Waals surface area contributed by atoms with E-state index < -0.39 is 24.3 Å². The number of hydrogen-bond donors (Lipinski definition) is 1. The molecule has 0 atom stereocenters. The number of carbonyl (C=O) groups is 2. The van der Waals surface area contributed by atoms with E-state index in [2.05, 4.69) is 21.2 Å². The summed E-state index contributed by atoms with van der Waals surface area (Å²) in [6.07, 6.45) is 0. The highest BCUT2D eigenvalue weighted by Gasteiger charge is 2.15. The van der Waals surface area contributed by atoms with Crippen LogP contribution < -0.4 is 10.1 Å². The van der Waals surface area contributed by atoms with Crippen LogP contribution in [0, 0.1) is 12.7 Å². The van der Waals surface area contributed by atoms with Crippen molar-refractivity contribution < 1.29 is 23.5 Å². The molecule has 0 radical (unpaired) electrons. The molecule has 7 heteroatoms. The maximum Gasteiger partial charge on any atom is 0.341 e. The van der Waals surface area contributed by atoms with E-state index in [1.54, 1.807) is 12.1 Å². The number of hydrogen-bond acceptors (Lipinski definition) is 4. The molecule has 0 aliphatic heterocycles. The fourth-order valence-corrected chi connectivity index (χ4v) is 2.24. The zero-order valence-electron chi connectivity index (χ0n) is 13.1. The van der Waals surface area contributed by atoms with E-state index in [0.29, 0.717) is 5.69 Å². The molecule has 0 saturated heterocycles. The Morgan fingerprint density at radius 1 is 1.21 bits per heavy atom. The average molecular weight is 396 g/mol. The van der Waals surface area contributed by atoms with E-state index in [1.807, 2.05) is 13.0 Å². The SMILES string of the molecule is COc1ccc(C(=O)OCC(=O)Nc2ccc(C)c(Br)c2)c(F)c1. The van der Waals surface area contributed by atoms with Crippen molar-refractivity contribution in [3.05, 3.63) is 57.8 Å². The molecule has 0 spiro atoms. The number of carbonyl (C=O) groups excluding carboxylic acids is 2. The Hall–Kier alpha value is -2.41. The smallest absolute Gasteiger partial charge is 0.341 e. The summed E-state index contributed by atoms with van der Waals surface area (Å²) in [6, 6.07) is 9.04. The number of rotatable bonds is 5. The van der Waals surface area contributed by atoms with Gasteiger partial charge < -0.3 is 14.8 Å². The van der Waals surface area contributed by atoms with Gasteiger partial charge in [0, 0.05) is 16.2 Å². The average Bonchev–Trinajstić information content (AvgIpc) is 2.56. The lowest BCUT2D eigenvalue weighted by Crippen LogP contribution is -2.21. The molecule has 5 nitrogen and oxygen atoms in total. The van der Waals surface area contributed by atoms with E-state index in [0.717, 1.165) is 16.1 Å². The van der Waals surface area contributed by atoms with Gasteiger partial charge in [-0.1, -0.05) is 22.0 Å². The minimum absolute atomic E-state index is 0.262. The van der Waals surface area contributed by atoms with E-state index in [4.69, 9.17) is 9.47 Å². The van der Waals surface area contributed by atoms with Crippen LogP contribution in [0.5, 0.6) is 5.75 Å². The first kappa shape index (κ1) is 17.9. The number of methoxy groups -OCH3 is 1. The summed E-state index contributed by atoms with van der Waals surface area (Å²) in [5.41, 5.74) is 1.32. The van der Waals surface area contributed by atoms with Crippen molar-refractivity contribution in [2.45, 2.75) is 6.92 Å². The largest absolute Gasteiger partial charge is 0.497 e. The quantitative estimate of drug-likeness (QED) is 0.783. The molecule has 0 aromatic heterocycles. The number of anilines is 1. The zero-order chi connectivity index (χ0) is 17.7. The monoisotopic (exact) mass is 395 g/mol. The summed E-state index contributed by atoms with van der Waals surface area (Å²) in [6.45, 7) is 1.40. The van der Waals surface area contributed by atoms with Gasteiger partial charge in [-0.25, -0.2) is 9.18 Å². The molecule has 0 heterocycles. The Labute approximate surface area is 146 Å². The molecule has 0 fully saturated rings. The predicted molar refractivity (Wildman–Crippen MR) is 90.7 cm³/mol. The van der Waals surface area contributed by atoms with Gasteiger partial charge in [0.25, 0.3) is 5.91 Å². The fourth-order valence-electron chi connectivity index (χ4n) is 1.86. The Kier molecular flexibility index (Phi) is 5.92. The minimum Gasteiger partial charge on any atom is -0.497 e. The molecule has 0 aliphatic rings. The first-order valence-electron chi connectivity index (χ1n) is 6.97. The van der Waals surface area contributed by atoms with Gasteiger partial charge in [0.05, 0.1) is 12.7 Å². The Balaban J connectivity index is 1.93. The predicted octanol–water partition coefficient (Wildman–Crippen LogP) is 3.70. The van der Waals surface area contributed by atoms with E-state index in [1.165, 1.54) is 19.2 Å². The highest BCUT2D eigenvalue weighted by atomic mass is 79.9. The van der Waals surface area contributed by atoms with Crippen molar-refractivity contribution in [3.8, 4) is 5.75 Å². The highest BCUT2D eigenvalue weighted by Crippen LogP contribution is 2.20.